The Kier molecular flexibility index (Phi) is 4.12. The van der Waals surface area contributed by atoms with E-state index >= 15 is 0 Å². The SMILES string of the molecule is CCN1CCCC(Nc2nnc(C)s2)CC1. The molecule has 2 rings (SSSR count). The predicted octanol–water partition coefficient (Wildman–Crippen LogP) is 2.13. The fourth-order valence-corrected chi connectivity index (χ4v) is 2.81. The zero-order valence-electron chi connectivity index (χ0n) is 10.1. The third-order valence-corrected chi connectivity index (χ3v) is 3.89. The molecule has 0 aliphatic carbocycles. The van der Waals surface area contributed by atoms with Crippen molar-refractivity contribution >= 4 is 16.5 Å². The Hall–Kier alpha value is -0.680. The minimum absolute atomic E-state index is 0.573. The number of nitrogens with one attached hydrogen (secondary N) is 1. The van der Waals surface area contributed by atoms with Gasteiger partial charge in [0.1, 0.15) is 5.01 Å². The van der Waals surface area contributed by atoms with E-state index in [4.69, 9.17) is 0 Å². The highest BCUT2D eigenvalue weighted by Crippen LogP contribution is 2.19. The van der Waals surface area contributed by atoms with Crippen LogP contribution in [0.3, 0.4) is 0 Å². The largest absolute Gasteiger partial charge is 0.357 e. The molecule has 1 aliphatic heterocycles. The summed E-state index contributed by atoms with van der Waals surface area (Å²) in [7, 11) is 0. The number of nitrogens with zero attached hydrogens (tertiary/aromatic N) is 3. The summed E-state index contributed by atoms with van der Waals surface area (Å²) in [5.74, 6) is 0. The van der Waals surface area contributed by atoms with Crippen molar-refractivity contribution in [3.8, 4) is 0 Å². The molecule has 1 fully saturated rings. The highest BCUT2D eigenvalue weighted by Gasteiger charge is 2.16. The predicted molar refractivity (Wildman–Crippen MR) is 68.0 cm³/mol. The van der Waals surface area contributed by atoms with E-state index in [-0.39, 0.29) is 0 Å². The zero-order chi connectivity index (χ0) is 11.4. The first kappa shape index (κ1) is 11.8. The van der Waals surface area contributed by atoms with Crippen LogP contribution in [0.15, 0.2) is 0 Å². The van der Waals surface area contributed by atoms with Gasteiger partial charge in [-0.05, 0) is 39.3 Å². The van der Waals surface area contributed by atoms with Gasteiger partial charge in [0.15, 0.2) is 0 Å². The van der Waals surface area contributed by atoms with Crippen molar-refractivity contribution in [2.75, 3.05) is 25.0 Å². The van der Waals surface area contributed by atoms with Gasteiger partial charge >= 0.3 is 0 Å². The van der Waals surface area contributed by atoms with Gasteiger partial charge in [0.25, 0.3) is 0 Å². The molecule has 1 aliphatic rings. The van der Waals surface area contributed by atoms with Gasteiger partial charge in [0.05, 0.1) is 0 Å². The second kappa shape index (κ2) is 5.59. The summed E-state index contributed by atoms with van der Waals surface area (Å²) in [5.41, 5.74) is 0. The third kappa shape index (κ3) is 3.15. The summed E-state index contributed by atoms with van der Waals surface area (Å²) in [4.78, 5) is 2.52. The van der Waals surface area contributed by atoms with Crippen molar-refractivity contribution in [1.29, 1.82) is 0 Å². The van der Waals surface area contributed by atoms with E-state index in [1.807, 2.05) is 6.92 Å². The standard InChI is InChI=1S/C11H20N4S/c1-3-15-7-4-5-10(6-8-15)12-11-14-13-9(2)16-11/h10H,3-8H2,1-2H3,(H,12,14). The van der Waals surface area contributed by atoms with Crippen LogP contribution >= 0.6 is 11.3 Å². The molecule has 0 amide bonds. The van der Waals surface area contributed by atoms with Crippen LogP contribution < -0.4 is 5.32 Å². The molecule has 1 saturated heterocycles. The average Bonchev–Trinajstić information content (AvgIpc) is 2.55. The second-order valence-corrected chi connectivity index (χ2v) is 5.51. The van der Waals surface area contributed by atoms with Crippen molar-refractivity contribution in [1.82, 2.24) is 15.1 Å². The van der Waals surface area contributed by atoms with E-state index in [1.54, 1.807) is 11.3 Å². The number of hydrogen-bond donors (Lipinski definition) is 1. The van der Waals surface area contributed by atoms with Crippen LogP contribution in [0.25, 0.3) is 0 Å². The van der Waals surface area contributed by atoms with Crippen LogP contribution in [0.4, 0.5) is 5.13 Å². The molecule has 1 N–H and O–H groups in total. The summed E-state index contributed by atoms with van der Waals surface area (Å²) in [6, 6.07) is 0.573. The molecular weight excluding hydrogens is 220 g/mol. The van der Waals surface area contributed by atoms with Crippen molar-refractivity contribution in [2.24, 2.45) is 0 Å². The first-order chi connectivity index (χ1) is 7.78. The molecule has 1 aromatic rings. The van der Waals surface area contributed by atoms with Crippen LogP contribution in [-0.4, -0.2) is 40.8 Å². The molecule has 1 aromatic heterocycles. The normalized spacial score (nSPS) is 23.0. The lowest BCUT2D eigenvalue weighted by molar-refractivity contribution is 0.300. The summed E-state index contributed by atoms with van der Waals surface area (Å²) < 4.78 is 0. The first-order valence-corrected chi connectivity index (χ1v) is 6.88. The minimum Gasteiger partial charge on any atom is -0.357 e. The fraction of sp³-hybridized carbons (Fsp3) is 0.818. The first-order valence-electron chi connectivity index (χ1n) is 6.07. The Morgan fingerprint density at radius 1 is 1.38 bits per heavy atom. The highest BCUT2D eigenvalue weighted by molar-refractivity contribution is 7.15. The summed E-state index contributed by atoms with van der Waals surface area (Å²) in [5, 5.41) is 13.7. The van der Waals surface area contributed by atoms with E-state index in [0.29, 0.717) is 6.04 Å². The number of rotatable bonds is 3. The molecule has 0 radical (unpaired) electrons. The van der Waals surface area contributed by atoms with Crippen molar-refractivity contribution < 1.29 is 0 Å². The van der Waals surface area contributed by atoms with Gasteiger partial charge in [0.2, 0.25) is 5.13 Å². The molecule has 4 nitrogen and oxygen atoms in total. The molecule has 0 aromatic carbocycles. The summed E-state index contributed by atoms with van der Waals surface area (Å²) in [6.07, 6.45) is 3.74. The van der Waals surface area contributed by atoms with E-state index in [1.165, 1.54) is 38.9 Å². The van der Waals surface area contributed by atoms with Gasteiger partial charge in [-0.15, -0.1) is 10.2 Å². The average molecular weight is 240 g/mol. The van der Waals surface area contributed by atoms with Gasteiger partial charge in [-0.25, -0.2) is 0 Å². The Balaban J connectivity index is 1.86. The molecule has 2 heterocycles. The van der Waals surface area contributed by atoms with Crippen molar-refractivity contribution in [3.63, 3.8) is 0 Å². The molecule has 5 heteroatoms. The molecule has 1 unspecified atom stereocenters. The van der Waals surface area contributed by atoms with Gasteiger partial charge in [-0.1, -0.05) is 18.3 Å². The van der Waals surface area contributed by atoms with Gasteiger partial charge in [-0.2, -0.15) is 0 Å². The maximum absolute atomic E-state index is 4.12. The molecule has 90 valence electrons. The maximum atomic E-state index is 4.12. The Labute approximate surface area is 101 Å². The van der Waals surface area contributed by atoms with E-state index in [9.17, 15) is 0 Å². The number of hydrogen-bond acceptors (Lipinski definition) is 5. The van der Waals surface area contributed by atoms with Crippen LogP contribution in [-0.2, 0) is 0 Å². The molecular formula is C11H20N4S. The smallest absolute Gasteiger partial charge is 0.205 e. The van der Waals surface area contributed by atoms with Crippen LogP contribution in [0, 0.1) is 6.92 Å². The Morgan fingerprint density at radius 2 is 2.25 bits per heavy atom. The number of likely N-dealkylation sites (tertiary alicyclic amines) is 1. The number of aryl methyl sites for hydroxylation is 1. The lowest BCUT2D eigenvalue weighted by atomic mass is 10.1. The highest BCUT2D eigenvalue weighted by atomic mass is 32.1. The Bertz CT molecular complexity index is 326. The van der Waals surface area contributed by atoms with Gasteiger partial charge < -0.3 is 10.2 Å². The van der Waals surface area contributed by atoms with Gasteiger partial charge in [-0.3, -0.25) is 0 Å². The monoisotopic (exact) mass is 240 g/mol. The third-order valence-electron chi connectivity index (χ3n) is 3.12. The quantitative estimate of drug-likeness (QED) is 0.879. The molecule has 0 saturated carbocycles. The lowest BCUT2D eigenvalue weighted by Crippen LogP contribution is -2.26. The summed E-state index contributed by atoms with van der Waals surface area (Å²) in [6.45, 7) is 7.84. The maximum Gasteiger partial charge on any atom is 0.205 e. The van der Waals surface area contributed by atoms with Crippen LogP contribution in [0.1, 0.15) is 31.2 Å². The Morgan fingerprint density at radius 3 is 2.94 bits per heavy atom. The lowest BCUT2D eigenvalue weighted by Gasteiger charge is -2.17. The van der Waals surface area contributed by atoms with Gasteiger partial charge in [0, 0.05) is 12.6 Å². The van der Waals surface area contributed by atoms with E-state index in [0.717, 1.165) is 10.1 Å². The molecule has 1 atom stereocenters. The van der Waals surface area contributed by atoms with Crippen molar-refractivity contribution in [2.45, 2.75) is 39.2 Å². The minimum atomic E-state index is 0.573. The van der Waals surface area contributed by atoms with Crippen LogP contribution in [0.2, 0.25) is 0 Å². The second-order valence-electron chi connectivity index (χ2n) is 4.33. The van der Waals surface area contributed by atoms with Crippen molar-refractivity contribution in [3.05, 3.63) is 5.01 Å². The van der Waals surface area contributed by atoms with Crippen LogP contribution in [0.5, 0.6) is 0 Å². The molecule has 0 spiro atoms. The summed E-state index contributed by atoms with van der Waals surface area (Å²) >= 11 is 1.65. The number of anilines is 1. The number of aromatic nitrogens is 2. The molecule has 0 bridgehead atoms. The molecule has 16 heavy (non-hydrogen) atoms. The fourth-order valence-electron chi connectivity index (χ4n) is 2.15. The zero-order valence-corrected chi connectivity index (χ0v) is 10.9. The van der Waals surface area contributed by atoms with E-state index < -0.39 is 0 Å². The topological polar surface area (TPSA) is 41.0 Å². The van der Waals surface area contributed by atoms with E-state index in [2.05, 4.69) is 27.3 Å².